The summed E-state index contributed by atoms with van der Waals surface area (Å²) in [6, 6.07) is 7.21. The molecule has 0 aliphatic rings. The average Bonchev–Trinajstić information content (AvgIpc) is 3.02. The van der Waals surface area contributed by atoms with Crippen molar-refractivity contribution in [2.24, 2.45) is 11.7 Å². The van der Waals surface area contributed by atoms with Crippen molar-refractivity contribution in [2.45, 2.75) is 39.8 Å². The first-order valence-electron chi connectivity index (χ1n) is 8.40. The van der Waals surface area contributed by atoms with Crippen LogP contribution in [0.3, 0.4) is 0 Å². The molecule has 1 unspecified atom stereocenters. The topological polar surface area (TPSA) is 94.5 Å². The first-order valence-corrected chi connectivity index (χ1v) is 8.40. The Morgan fingerprint density at radius 2 is 2.08 bits per heavy atom. The Labute approximate surface area is 148 Å². The summed E-state index contributed by atoms with van der Waals surface area (Å²) >= 11 is 0. The average molecular weight is 346 g/mol. The van der Waals surface area contributed by atoms with Crippen LogP contribution in [0.25, 0.3) is 0 Å². The van der Waals surface area contributed by atoms with E-state index >= 15 is 0 Å². The number of hydrogen-bond donors (Lipinski definition) is 1. The van der Waals surface area contributed by atoms with Crippen LogP contribution in [-0.4, -0.2) is 40.6 Å². The molecule has 7 heteroatoms. The van der Waals surface area contributed by atoms with Gasteiger partial charge >= 0.3 is 0 Å². The Kier molecular flexibility index (Phi) is 6.52. The highest BCUT2D eigenvalue weighted by Crippen LogP contribution is 2.21. The van der Waals surface area contributed by atoms with Crippen LogP contribution in [0.4, 0.5) is 0 Å². The van der Waals surface area contributed by atoms with E-state index in [1.54, 1.807) is 31.0 Å². The highest BCUT2D eigenvalue weighted by atomic mass is 16.5. The lowest BCUT2D eigenvalue weighted by atomic mass is 10.0. The SMILES string of the molecule is Cc1nc(COc2ccccc2C(=O)N(C)CCC(N)C(C)C)no1. The summed E-state index contributed by atoms with van der Waals surface area (Å²) in [7, 11) is 1.77. The van der Waals surface area contributed by atoms with Crippen LogP contribution in [0.1, 0.15) is 42.3 Å². The quantitative estimate of drug-likeness (QED) is 0.789. The normalized spacial score (nSPS) is 12.2. The molecule has 0 spiro atoms. The maximum absolute atomic E-state index is 12.7. The van der Waals surface area contributed by atoms with Gasteiger partial charge in [-0.2, -0.15) is 4.98 Å². The van der Waals surface area contributed by atoms with Gasteiger partial charge in [0.15, 0.2) is 6.61 Å². The molecule has 0 aliphatic carbocycles. The Morgan fingerprint density at radius 1 is 1.36 bits per heavy atom. The Balaban J connectivity index is 2.01. The van der Waals surface area contributed by atoms with Crippen molar-refractivity contribution >= 4 is 5.91 Å². The third kappa shape index (κ3) is 5.29. The number of amides is 1. The lowest BCUT2D eigenvalue weighted by Crippen LogP contribution is -2.34. The summed E-state index contributed by atoms with van der Waals surface area (Å²) in [5.74, 6) is 1.70. The highest BCUT2D eigenvalue weighted by molar-refractivity contribution is 5.96. The third-order valence-electron chi connectivity index (χ3n) is 4.04. The van der Waals surface area contributed by atoms with Gasteiger partial charge in [0.25, 0.3) is 5.91 Å². The van der Waals surface area contributed by atoms with E-state index in [-0.39, 0.29) is 18.6 Å². The van der Waals surface area contributed by atoms with E-state index < -0.39 is 0 Å². The molecule has 0 radical (unpaired) electrons. The van der Waals surface area contributed by atoms with Crippen molar-refractivity contribution in [3.05, 3.63) is 41.5 Å². The van der Waals surface area contributed by atoms with Crippen LogP contribution in [0.5, 0.6) is 5.75 Å². The second-order valence-electron chi connectivity index (χ2n) is 6.44. The summed E-state index contributed by atoms with van der Waals surface area (Å²) in [4.78, 5) is 18.5. The zero-order valence-electron chi connectivity index (χ0n) is 15.2. The number of rotatable bonds is 8. The van der Waals surface area contributed by atoms with Gasteiger partial charge in [-0.3, -0.25) is 4.79 Å². The molecule has 25 heavy (non-hydrogen) atoms. The molecule has 0 saturated carbocycles. The molecule has 1 aromatic carbocycles. The van der Waals surface area contributed by atoms with Gasteiger partial charge in [0.2, 0.25) is 11.7 Å². The fourth-order valence-electron chi connectivity index (χ4n) is 2.29. The van der Waals surface area contributed by atoms with Gasteiger partial charge in [0, 0.05) is 26.6 Å². The maximum Gasteiger partial charge on any atom is 0.257 e. The van der Waals surface area contributed by atoms with Crippen LogP contribution < -0.4 is 10.5 Å². The second kappa shape index (κ2) is 8.62. The number of benzene rings is 1. The lowest BCUT2D eigenvalue weighted by molar-refractivity contribution is 0.0784. The molecule has 136 valence electrons. The maximum atomic E-state index is 12.7. The predicted octanol–water partition coefficient (Wildman–Crippen LogP) is 2.40. The minimum atomic E-state index is -0.101. The van der Waals surface area contributed by atoms with E-state index in [4.69, 9.17) is 15.0 Å². The fraction of sp³-hybridized carbons (Fsp3) is 0.500. The second-order valence-corrected chi connectivity index (χ2v) is 6.44. The van der Waals surface area contributed by atoms with Gasteiger partial charge in [-0.05, 0) is 24.5 Å². The number of hydrogen-bond acceptors (Lipinski definition) is 6. The van der Waals surface area contributed by atoms with E-state index in [1.807, 2.05) is 12.1 Å². The van der Waals surface area contributed by atoms with Crippen molar-refractivity contribution in [1.82, 2.24) is 15.0 Å². The summed E-state index contributed by atoms with van der Waals surface area (Å²) < 4.78 is 10.6. The van der Waals surface area contributed by atoms with Crippen molar-refractivity contribution in [3.8, 4) is 5.75 Å². The number of carbonyl (C=O) groups is 1. The summed E-state index contributed by atoms with van der Waals surface area (Å²) in [5.41, 5.74) is 6.57. The molecule has 2 rings (SSSR count). The van der Waals surface area contributed by atoms with E-state index in [1.165, 1.54) is 0 Å². The molecular weight excluding hydrogens is 320 g/mol. The minimum absolute atomic E-state index is 0.0724. The summed E-state index contributed by atoms with van der Waals surface area (Å²) in [5, 5.41) is 3.79. The largest absolute Gasteiger partial charge is 0.485 e. The van der Waals surface area contributed by atoms with Crippen LogP contribution in [0.15, 0.2) is 28.8 Å². The van der Waals surface area contributed by atoms with Crippen LogP contribution in [0, 0.1) is 12.8 Å². The van der Waals surface area contributed by atoms with Crippen LogP contribution >= 0.6 is 0 Å². The summed E-state index contributed by atoms with van der Waals surface area (Å²) in [6.45, 7) is 6.61. The standard InChI is InChI=1S/C18H26N4O3/c1-12(2)15(19)9-10-22(4)18(23)14-7-5-6-8-16(14)24-11-17-20-13(3)25-21-17/h5-8,12,15H,9-11,19H2,1-4H3. The molecule has 2 N–H and O–H groups in total. The molecule has 1 amide bonds. The van der Waals surface area contributed by atoms with Crippen molar-refractivity contribution in [3.63, 3.8) is 0 Å². The Hall–Kier alpha value is -2.41. The van der Waals surface area contributed by atoms with E-state index in [2.05, 4.69) is 24.0 Å². The molecule has 1 aromatic heterocycles. The first kappa shape index (κ1) is 18.9. The number of aromatic nitrogens is 2. The number of ether oxygens (including phenoxy) is 1. The Bertz CT molecular complexity index is 699. The van der Waals surface area contributed by atoms with Gasteiger partial charge in [-0.25, -0.2) is 0 Å². The van der Waals surface area contributed by atoms with Gasteiger partial charge < -0.3 is 19.9 Å². The fourth-order valence-corrected chi connectivity index (χ4v) is 2.29. The zero-order chi connectivity index (χ0) is 18.4. The molecule has 2 aromatic rings. The van der Waals surface area contributed by atoms with E-state index in [0.717, 1.165) is 6.42 Å². The minimum Gasteiger partial charge on any atom is -0.485 e. The van der Waals surface area contributed by atoms with Gasteiger partial charge in [-0.15, -0.1) is 0 Å². The van der Waals surface area contributed by atoms with Gasteiger partial charge in [-0.1, -0.05) is 31.1 Å². The zero-order valence-corrected chi connectivity index (χ0v) is 15.2. The molecule has 1 heterocycles. The van der Waals surface area contributed by atoms with Crippen molar-refractivity contribution < 1.29 is 14.1 Å². The number of nitrogens with zero attached hydrogens (tertiary/aromatic N) is 3. The Morgan fingerprint density at radius 3 is 2.72 bits per heavy atom. The molecule has 0 fully saturated rings. The molecule has 0 bridgehead atoms. The van der Waals surface area contributed by atoms with Crippen molar-refractivity contribution in [1.29, 1.82) is 0 Å². The lowest BCUT2D eigenvalue weighted by Gasteiger charge is -2.22. The number of nitrogens with two attached hydrogens (primary N) is 1. The molecule has 0 aliphatic heterocycles. The molecule has 0 saturated heterocycles. The van der Waals surface area contributed by atoms with E-state index in [0.29, 0.717) is 35.5 Å². The molecular formula is C18H26N4O3. The summed E-state index contributed by atoms with van der Waals surface area (Å²) in [6.07, 6.45) is 0.755. The van der Waals surface area contributed by atoms with Crippen LogP contribution in [0.2, 0.25) is 0 Å². The monoisotopic (exact) mass is 346 g/mol. The molecule has 7 nitrogen and oxygen atoms in total. The van der Waals surface area contributed by atoms with Crippen LogP contribution in [-0.2, 0) is 6.61 Å². The predicted molar refractivity (Wildman–Crippen MR) is 94.2 cm³/mol. The number of para-hydroxylation sites is 1. The van der Waals surface area contributed by atoms with Gasteiger partial charge in [0.1, 0.15) is 5.75 Å². The van der Waals surface area contributed by atoms with Gasteiger partial charge in [0.05, 0.1) is 5.56 Å². The first-order chi connectivity index (χ1) is 11.9. The smallest absolute Gasteiger partial charge is 0.257 e. The number of carbonyl (C=O) groups excluding carboxylic acids is 1. The number of aryl methyl sites for hydroxylation is 1. The van der Waals surface area contributed by atoms with E-state index in [9.17, 15) is 4.79 Å². The molecule has 1 atom stereocenters. The highest BCUT2D eigenvalue weighted by Gasteiger charge is 2.18. The van der Waals surface area contributed by atoms with Crippen molar-refractivity contribution in [2.75, 3.05) is 13.6 Å². The third-order valence-corrected chi connectivity index (χ3v) is 4.04.